The number of hydrogen-bond donors (Lipinski definition) is 1. The van der Waals surface area contributed by atoms with E-state index in [4.69, 9.17) is 0 Å². The third kappa shape index (κ3) is 2.97. The smallest absolute Gasteiger partial charge is 0.243 e. The molecule has 0 aliphatic heterocycles. The third-order valence-electron chi connectivity index (χ3n) is 4.47. The number of imidazole rings is 1. The number of nitrogens with zero attached hydrogens (tertiary/aromatic N) is 4. The number of para-hydroxylation sites is 3. The van der Waals surface area contributed by atoms with E-state index in [1.54, 1.807) is 17.2 Å². The predicted molar refractivity (Wildman–Crippen MR) is 99.9 cm³/mol. The lowest BCUT2D eigenvalue weighted by Gasteiger charge is -2.16. The van der Waals surface area contributed by atoms with E-state index < -0.39 is 0 Å². The minimum atomic E-state index is -0.348. The average molecular weight is 345 g/mol. The molecule has 4 rings (SSSR count). The standard InChI is InChI=1S/C20H19N5O/c1-15(24-14-22-17-8-3-5-10-19(17)24)20(26)21-13-16-7-2-4-9-18(16)25-12-6-11-23-25/h2-12,14-15H,13H2,1H3,(H,21,26)/t15-/m1/s1. The number of aromatic nitrogens is 4. The van der Waals surface area contributed by atoms with Crippen LogP contribution in [0.25, 0.3) is 16.7 Å². The lowest BCUT2D eigenvalue weighted by Crippen LogP contribution is -2.30. The second kappa shape index (κ2) is 6.84. The molecular weight excluding hydrogens is 326 g/mol. The molecule has 0 aliphatic rings. The molecule has 0 unspecified atom stereocenters. The zero-order valence-corrected chi connectivity index (χ0v) is 14.4. The molecule has 1 N–H and O–H groups in total. The molecule has 0 bridgehead atoms. The maximum Gasteiger partial charge on any atom is 0.243 e. The number of nitrogens with one attached hydrogen (secondary N) is 1. The fourth-order valence-electron chi connectivity index (χ4n) is 3.04. The normalized spacial score (nSPS) is 12.2. The Morgan fingerprint density at radius 1 is 1.12 bits per heavy atom. The maximum absolute atomic E-state index is 12.7. The highest BCUT2D eigenvalue weighted by Crippen LogP contribution is 2.18. The van der Waals surface area contributed by atoms with E-state index in [1.165, 1.54) is 0 Å². The van der Waals surface area contributed by atoms with E-state index in [1.807, 2.05) is 72.3 Å². The van der Waals surface area contributed by atoms with Crippen molar-refractivity contribution in [1.82, 2.24) is 24.6 Å². The fourth-order valence-corrected chi connectivity index (χ4v) is 3.04. The van der Waals surface area contributed by atoms with Crippen molar-refractivity contribution in [1.29, 1.82) is 0 Å². The molecule has 4 aromatic rings. The fraction of sp³-hybridized carbons (Fsp3) is 0.150. The summed E-state index contributed by atoms with van der Waals surface area (Å²) in [5.41, 5.74) is 3.80. The van der Waals surface area contributed by atoms with Crippen molar-refractivity contribution in [3.05, 3.63) is 78.9 Å². The third-order valence-corrected chi connectivity index (χ3v) is 4.47. The minimum Gasteiger partial charge on any atom is -0.350 e. The summed E-state index contributed by atoms with van der Waals surface area (Å²) in [5, 5.41) is 7.30. The van der Waals surface area contributed by atoms with Crippen LogP contribution in [0.4, 0.5) is 0 Å². The molecule has 26 heavy (non-hydrogen) atoms. The summed E-state index contributed by atoms with van der Waals surface area (Å²) < 4.78 is 3.69. The number of amides is 1. The highest BCUT2D eigenvalue weighted by Gasteiger charge is 2.17. The first kappa shape index (κ1) is 16.1. The molecule has 0 radical (unpaired) electrons. The van der Waals surface area contributed by atoms with Crippen LogP contribution in [0.1, 0.15) is 18.5 Å². The van der Waals surface area contributed by atoms with E-state index in [9.17, 15) is 4.79 Å². The Morgan fingerprint density at radius 2 is 1.92 bits per heavy atom. The van der Waals surface area contributed by atoms with Crippen LogP contribution >= 0.6 is 0 Å². The molecular formula is C20H19N5O. The van der Waals surface area contributed by atoms with Crippen LogP contribution in [-0.4, -0.2) is 25.2 Å². The van der Waals surface area contributed by atoms with Gasteiger partial charge in [-0.15, -0.1) is 0 Å². The van der Waals surface area contributed by atoms with Gasteiger partial charge in [0.25, 0.3) is 0 Å². The second-order valence-corrected chi connectivity index (χ2v) is 6.11. The molecule has 0 saturated carbocycles. The van der Waals surface area contributed by atoms with E-state index >= 15 is 0 Å². The lowest BCUT2D eigenvalue weighted by atomic mass is 10.1. The van der Waals surface area contributed by atoms with Crippen LogP contribution in [0, 0.1) is 0 Å². The van der Waals surface area contributed by atoms with E-state index in [0.717, 1.165) is 22.3 Å². The SMILES string of the molecule is C[C@H](C(=O)NCc1ccccc1-n1cccn1)n1cnc2ccccc21. The summed E-state index contributed by atoms with van der Waals surface area (Å²) >= 11 is 0. The summed E-state index contributed by atoms with van der Waals surface area (Å²) in [6.45, 7) is 2.31. The summed E-state index contributed by atoms with van der Waals surface area (Å²) in [4.78, 5) is 17.0. The van der Waals surface area contributed by atoms with Crippen molar-refractivity contribution in [2.75, 3.05) is 0 Å². The van der Waals surface area contributed by atoms with Crippen molar-refractivity contribution < 1.29 is 4.79 Å². The van der Waals surface area contributed by atoms with Crippen molar-refractivity contribution >= 4 is 16.9 Å². The van der Waals surface area contributed by atoms with Crippen LogP contribution in [0.15, 0.2) is 73.3 Å². The van der Waals surface area contributed by atoms with E-state index in [2.05, 4.69) is 15.4 Å². The van der Waals surface area contributed by atoms with Crippen LogP contribution < -0.4 is 5.32 Å². The monoisotopic (exact) mass is 345 g/mol. The quantitative estimate of drug-likeness (QED) is 0.604. The molecule has 2 heterocycles. The molecule has 6 heteroatoms. The van der Waals surface area contributed by atoms with E-state index in [0.29, 0.717) is 6.54 Å². The highest BCUT2D eigenvalue weighted by atomic mass is 16.2. The molecule has 1 amide bonds. The number of benzene rings is 2. The maximum atomic E-state index is 12.7. The first-order valence-electron chi connectivity index (χ1n) is 8.51. The molecule has 1 atom stereocenters. The molecule has 0 fully saturated rings. The average Bonchev–Trinajstić information content (AvgIpc) is 3.35. The van der Waals surface area contributed by atoms with Gasteiger partial charge in [-0.25, -0.2) is 9.67 Å². The number of fused-ring (bicyclic) bond motifs is 1. The summed E-state index contributed by atoms with van der Waals surface area (Å²) in [6.07, 6.45) is 5.34. The van der Waals surface area contributed by atoms with Gasteiger partial charge in [-0.1, -0.05) is 30.3 Å². The Morgan fingerprint density at radius 3 is 2.77 bits per heavy atom. The molecule has 6 nitrogen and oxygen atoms in total. The number of hydrogen-bond acceptors (Lipinski definition) is 3. The van der Waals surface area contributed by atoms with Crippen LogP contribution in [-0.2, 0) is 11.3 Å². The van der Waals surface area contributed by atoms with Gasteiger partial charge in [-0.05, 0) is 36.8 Å². The second-order valence-electron chi connectivity index (χ2n) is 6.11. The van der Waals surface area contributed by atoms with Gasteiger partial charge in [0.15, 0.2) is 0 Å². The lowest BCUT2D eigenvalue weighted by molar-refractivity contribution is -0.123. The number of rotatable bonds is 5. The Hall–Kier alpha value is -3.41. The number of carbonyl (C=O) groups is 1. The topological polar surface area (TPSA) is 64.7 Å². The Kier molecular flexibility index (Phi) is 4.23. The Labute approximate surface area is 151 Å². The van der Waals surface area contributed by atoms with Crippen molar-refractivity contribution in [2.24, 2.45) is 0 Å². The van der Waals surface area contributed by atoms with Gasteiger partial charge in [0.05, 0.1) is 23.0 Å². The summed E-state index contributed by atoms with van der Waals surface area (Å²) in [5.74, 6) is -0.0524. The van der Waals surface area contributed by atoms with Crippen molar-refractivity contribution in [3.8, 4) is 5.69 Å². The molecule has 2 aromatic carbocycles. The van der Waals surface area contributed by atoms with Crippen molar-refractivity contribution in [2.45, 2.75) is 19.5 Å². The van der Waals surface area contributed by atoms with Gasteiger partial charge in [0, 0.05) is 18.9 Å². The van der Waals surface area contributed by atoms with Crippen LogP contribution in [0.5, 0.6) is 0 Å². The molecule has 0 saturated heterocycles. The summed E-state index contributed by atoms with van der Waals surface area (Å²) in [6, 6.07) is 17.2. The van der Waals surface area contributed by atoms with Crippen molar-refractivity contribution in [3.63, 3.8) is 0 Å². The largest absolute Gasteiger partial charge is 0.350 e. The zero-order valence-electron chi connectivity index (χ0n) is 14.4. The first-order chi connectivity index (χ1) is 12.7. The highest BCUT2D eigenvalue weighted by molar-refractivity contribution is 5.83. The predicted octanol–water partition coefficient (Wildman–Crippen LogP) is 3.10. The molecule has 2 aromatic heterocycles. The van der Waals surface area contributed by atoms with E-state index in [-0.39, 0.29) is 11.9 Å². The van der Waals surface area contributed by atoms with Crippen LogP contribution in [0.3, 0.4) is 0 Å². The van der Waals surface area contributed by atoms with Gasteiger partial charge < -0.3 is 9.88 Å². The molecule has 0 aliphatic carbocycles. The van der Waals surface area contributed by atoms with Gasteiger partial charge in [0.1, 0.15) is 6.04 Å². The minimum absolute atomic E-state index is 0.0524. The van der Waals surface area contributed by atoms with Gasteiger partial charge in [-0.3, -0.25) is 4.79 Å². The van der Waals surface area contributed by atoms with Gasteiger partial charge in [-0.2, -0.15) is 5.10 Å². The number of carbonyl (C=O) groups excluding carboxylic acids is 1. The first-order valence-corrected chi connectivity index (χ1v) is 8.51. The zero-order chi connectivity index (χ0) is 17.9. The Balaban J connectivity index is 1.51. The molecule has 0 spiro atoms. The van der Waals surface area contributed by atoms with Gasteiger partial charge >= 0.3 is 0 Å². The van der Waals surface area contributed by atoms with Crippen LogP contribution in [0.2, 0.25) is 0 Å². The summed E-state index contributed by atoms with van der Waals surface area (Å²) in [7, 11) is 0. The van der Waals surface area contributed by atoms with Gasteiger partial charge in [0.2, 0.25) is 5.91 Å². The Bertz CT molecular complexity index is 1040. The molecule has 130 valence electrons.